The van der Waals surface area contributed by atoms with Crippen LogP contribution in [0.15, 0.2) is 0 Å². The second-order valence-corrected chi connectivity index (χ2v) is 7.64. The zero-order valence-corrected chi connectivity index (χ0v) is 15.0. The third-order valence-corrected chi connectivity index (χ3v) is 5.46. The summed E-state index contributed by atoms with van der Waals surface area (Å²) in [6, 6.07) is -0.0655. The lowest BCUT2D eigenvalue weighted by Crippen LogP contribution is -2.56. The predicted molar refractivity (Wildman–Crippen MR) is 91.7 cm³/mol. The summed E-state index contributed by atoms with van der Waals surface area (Å²) in [4.78, 5) is 29.3. The van der Waals surface area contributed by atoms with Crippen LogP contribution in [0.1, 0.15) is 58.8 Å². The van der Waals surface area contributed by atoms with E-state index < -0.39 is 0 Å². The second kappa shape index (κ2) is 7.72. The Balaban J connectivity index is 1.59. The fourth-order valence-corrected chi connectivity index (χ4v) is 4.34. The van der Waals surface area contributed by atoms with Crippen LogP contribution in [0.25, 0.3) is 0 Å². The summed E-state index contributed by atoms with van der Waals surface area (Å²) in [5, 5.41) is 3.16. The Labute approximate surface area is 144 Å². The van der Waals surface area contributed by atoms with Gasteiger partial charge in [0.05, 0.1) is 12.2 Å². The highest BCUT2D eigenvalue weighted by Crippen LogP contribution is 2.23. The number of urea groups is 1. The molecule has 0 aromatic carbocycles. The number of carbonyl (C=O) groups excluding carboxylic acids is 2. The fourth-order valence-electron chi connectivity index (χ4n) is 4.34. The maximum Gasteiger partial charge on any atom is 0.318 e. The highest BCUT2D eigenvalue weighted by molar-refractivity contribution is 5.88. The maximum absolute atomic E-state index is 12.9. The van der Waals surface area contributed by atoms with Gasteiger partial charge in [-0.2, -0.15) is 0 Å². The molecule has 3 atom stereocenters. The summed E-state index contributed by atoms with van der Waals surface area (Å²) in [5.74, 6) is 0.0910. The normalized spacial score (nSPS) is 32.0. The average molecular weight is 337 g/mol. The molecule has 0 radical (unpaired) electrons. The molecule has 3 rings (SSSR count). The van der Waals surface area contributed by atoms with Crippen LogP contribution in [0.3, 0.4) is 0 Å². The van der Waals surface area contributed by atoms with Crippen molar-refractivity contribution in [2.45, 2.75) is 83.1 Å². The molecule has 0 aromatic rings. The number of rotatable bonds is 2. The van der Waals surface area contributed by atoms with Crippen molar-refractivity contribution >= 4 is 11.9 Å². The first-order chi connectivity index (χ1) is 11.5. The minimum Gasteiger partial charge on any atom is -0.372 e. The minimum absolute atomic E-state index is 0.0490. The van der Waals surface area contributed by atoms with E-state index in [4.69, 9.17) is 4.74 Å². The predicted octanol–water partition coefficient (Wildman–Crippen LogP) is 2.13. The molecule has 0 aromatic heterocycles. The SMILES string of the molecule is CC1CN(C(=O)C2CCCN2C(=O)NC2CCCCC2)CC(C)O1. The molecule has 3 unspecified atom stereocenters. The van der Waals surface area contributed by atoms with Crippen LogP contribution in [0.4, 0.5) is 4.79 Å². The summed E-state index contributed by atoms with van der Waals surface area (Å²) in [7, 11) is 0. The quantitative estimate of drug-likeness (QED) is 0.840. The van der Waals surface area contributed by atoms with Crippen LogP contribution in [0, 0.1) is 0 Å². The van der Waals surface area contributed by atoms with Crippen molar-refractivity contribution in [3.8, 4) is 0 Å². The molecule has 0 bridgehead atoms. The molecule has 24 heavy (non-hydrogen) atoms. The Hall–Kier alpha value is -1.30. The Kier molecular flexibility index (Phi) is 5.64. The van der Waals surface area contributed by atoms with E-state index in [-0.39, 0.29) is 36.2 Å². The van der Waals surface area contributed by atoms with E-state index in [1.165, 1.54) is 19.3 Å². The summed E-state index contributed by atoms with van der Waals surface area (Å²) < 4.78 is 5.72. The Morgan fingerprint density at radius 2 is 1.62 bits per heavy atom. The van der Waals surface area contributed by atoms with Crippen LogP contribution in [-0.2, 0) is 9.53 Å². The molecule has 3 aliphatic rings. The van der Waals surface area contributed by atoms with Crippen molar-refractivity contribution in [1.29, 1.82) is 0 Å². The van der Waals surface area contributed by atoms with Crippen molar-refractivity contribution in [1.82, 2.24) is 15.1 Å². The smallest absolute Gasteiger partial charge is 0.318 e. The van der Waals surface area contributed by atoms with Gasteiger partial charge in [0.1, 0.15) is 6.04 Å². The molecule has 136 valence electrons. The monoisotopic (exact) mass is 337 g/mol. The third kappa shape index (κ3) is 4.02. The highest BCUT2D eigenvalue weighted by atomic mass is 16.5. The first kappa shape index (κ1) is 17.5. The molecule has 2 heterocycles. The Morgan fingerprint density at radius 3 is 2.29 bits per heavy atom. The standard InChI is InChI=1S/C18H31N3O3/c1-13-11-20(12-14(2)24-13)17(22)16-9-6-10-21(16)18(23)19-15-7-4-3-5-8-15/h13-16H,3-12H2,1-2H3,(H,19,23). The van der Waals surface area contributed by atoms with Crippen molar-refractivity contribution in [3.63, 3.8) is 0 Å². The molecule has 2 saturated heterocycles. The van der Waals surface area contributed by atoms with Gasteiger partial charge in [-0.25, -0.2) is 4.79 Å². The molecule has 0 spiro atoms. The van der Waals surface area contributed by atoms with Crippen molar-refractivity contribution < 1.29 is 14.3 Å². The lowest BCUT2D eigenvalue weighted by molar-refractivity contribution is -0.147. The number of nitrogens with one attached hydrogen (secondary N) is 1. The number of hydrogen-bond donors (Lipinski definition) is 1. The maximum atomic E-state index is 12.9. The topological polar surface area (TPSA) is 61.9 Å². The van der Waals surface area contributed by atoms with E-state index >= 15 is 0 Å². The van der Waals surface area contributed by atoms with Gasteiger partial charge in [0, 0.05) is 25.7 Å². The van der Waals surface area contributed by atoms with E-state index in [1.54, 1.807) is 4.90 Å². The van der Waals surface area contributed by atoms with Gasteiger partial charge in [0.25, 0.3) is 0 Å². The molecule has 1 N–H and O–H groups in total. The van der Waals surface area contributed by atoms with Gasteiger partial charge < -0.3 is 19.9 Å². The lowest BCUT2D eigenvalue weighted by atomic mass is 9.96. The van der Waals surface area contributed by atoms with E-state index in [0.29, 0.717) is 19.6 Å². The number of hydrogen-bond acceptors (Lipinski definition) is 3. The van der Waals surface area contributed by atoms with Gasteiger partial charge in [0.2, 0.25) is 5.91 Å². The van der Waals surface area contributed by atoms with Crippen molar-refractivity contribution in [2.24, 2.45) is 0 Å². The minimum atomic E-state index is -0.300. The van der Waals surface area contributed by atoms with E-state index in [1.807, 2.05) is 18.7 Å². The van der Waals surface area contributed by atoms with Gasteiger partial charge >= 0.3 is 6.03 Å². The molecule has 1 saturated carbocycles. The van der Waals surface area contributed by atoms with Gasteiger partial charge in [0.15, 0.2) is 0 Å². The number of ether oxygens (including phenoxy) is 1. The molecule has 6 nitrogen and oxygen atoms in total. The van der Waals surface area contributed by atoms with Crippen LogP contribution in [0.2, 0.25) is 0 Å². The second-order valence-electron chi connectivity index (χ2n) is 7.64. The number of likely N-dealkylation sites (tertiary alicyclic amines) is 1. The number of amides is 3. The van der Waals surface area contributed by atoms with Crippen LogP contribution in [-0.4, -0.2) is 65.7 Å². The largest absolute Gasteiger partial charge is 0.372 e. The van der Waals surface area contributed by atoms with Gasteiger partial charge in [-0.3, -0.25) is 4.79 Å². The molecular formula is C18H31N3O3. The first-order valence-electron chi connectivity index (χ1n) is 9.56. The molecule has 3 amide bonds. The van der Waals surface area contributed by atoms with Gasteiger partial charge in [-0.1, -0.05) is 19.3 Å². The number of morpholine rings is 1. The molecule has 3 fully saturated rings. The van der Waals surface area contributed by atoms with Crippen LogP contribution >= 0.6 is 0 Å². The third-order valence-electron chi connectivity index (χ3n) is 5.46. The zero-order chi connectivity index (χ0) is 17.1. The Morgan fingerprint density at radius 1 is 0.958 bits per heavy atom. The van der Waals surface area contributed by atoms with E-state index in [0.717, 1.165) is 25.7 Å². The van der Waals surface area contributed by atoms with Crippen LogP contribution in [0.5, 0.6) is 0 Å². The summed E-state index contributed by atoms with van der Waals surface area (Å²) in [6.45, 7) is 5.93. The average Bonchev–Trinajstić information content (AvgIpc) is 3.04. The molecule has 2 aliphatic heterocycles. The molecule has 6 heteroatoms. The zero-order valence-electron chi connectivity index (χ0n) is 15.0. The number of carbonyl (C=O) groups is 2. The Bertz CT molecular complexity index is 454. The van der Waals surface area contributed by atoms with Gasteiger partial charge in [-0.15, -0.1) is 0 Å². The summed E-state index contributed by atoms with van der Waals surface area (Å²) in [5.41, 5.74) is 0. The lowest BCUT2D eigenvalue weighted by Gasteiger charge is -2.38. The first-order valence-corrected chi connectivity index (χ1v) is 9.56. The number of nitrogens with zero attached hydrogens (tertiary/aromatic N) is 2. The molecular weight excluding hydrogens is 306 g/mol. The highest BCUT2D eigenvalue weighted by Gasteiger charge is 2.39. The van der Waals surface area contributed by atoms with Crippen LogP contribution < -0.4 is 5.32 Å². The summed E-state index contributed by atoms with van der Waals surface area (Å²) in [6.07, 6.45) is 7.58. The fraction of sp³-hybridized carbons (Fsp3) is 0.889. The van der Waals surface area contributed by atoms with Crippen molar-refractivity contribution in [2.75, 3.05) is 19.6 Å². The van der Waals surface area contributed by atoms with E-state index in [9.17, 15) is 9.59 Å². The van der Waals surface area contributed by atoms with Crippen molar-refractivity contribution in [3.05, 3.63) is 0 Å². The van der Waals surface area contributed by atoms with Gasteiger partial charge in [-0.05, 0) is 39.5 Å². The molecule has 1 aliphatic carbocycles. The van der Waals surface area contributed by atoms with E-state index in [2.05, 4.69) is 5.32 Å². The summed E-state index contributed by atoms with van der Waals surface area (Å²) >= 11 is 0.